The number of carbonyl (C=O) groups is 2. The molecule has 4 atom stereocenters. The Morgan fingerprint density at radius 2 is 2.10 bits per heavy atom. The molecular weight excluding hydrogens is 288 g/mol. The van der Waals surface area contributed by atoms with Crippen LogP contribution in [0, 0.1) is 11.8 Å². The molecule has 2 rings (SSSR count). The summed E-state index contributed by atoms with van der Waals surface area (Å²) in [6, 6.07) is -0.743. The standard InChI is InChI=1S/C15H26N2O3S/c1-9(2)12-17(11(8-21-12)13(18)19)14(20)15(16)6-4-5-10(3)7-15/h9-12H,4-8,16H2,1-3H3,(H,18,19). The second kappa shape index (κ2) is 6.16. The number of hydrogen-bond acceptors (Lipinski definition) is 4. The monoisotopic (exact) mass is 314 g/mol. The van der Waals surface area contributed by atoms with Crippen molar-refractivity contribution >= 4 is 23.6 Å². The molecule has 21 heavy (non-hydrogen) atoms. The van der Waals surface area contributed by atoms with Crippen LogP contribution in [-0.2, 0) is 9.59 Å². The van der Waals surface area contributed by atoms with Gasteiger partial charge < -0.3 is 15.7 Å². The second-order valence-electron chi connectivity index (χ2n) is 6.89. The lowest BCUT2D eigenvalue weighted by molar-refractivity contribution is -0.153. The van der Waals surface area contributed by atoms with Crippen molar-refractivity contribution in [1.29, 1.82) is 0 Å². The minimum absolute atomic E-state index is 0.0868. The molecule has 1 amide bonds. The summed E-state index contributed by atoms with van der Waals surface area (Å²) in [6.07, 6.45) is 3.35. The molecule has 0 aromatic rings. The number of hydrogen-bond donors (Lipinski definition) is 2. The van der Waals surface area contributed by atoms with Gasteiger partial charge in [-0.05, 0) is 24.7 Å². The van der Waals surface area contributed by atoms with Crippen LogP contribution in [0.15, 0.2) is 0 Å². The third kappa shape index (κ3) is 3.21. The van der Waals surface area contributed by atoms with Crippen molar-refractivity contribution in [2.24, 2.45) is 17.6 Å². The van der Waals surface area contributed by atoms with Crippen molar-refractivity contribution in [2.75, 3.05) is 5.75 Å². The largest absolute Gasteiger partial charge is 0.480 e. The maximum absolute atomic E-state index is 13.0. The minimum atomic E-state index is -0.925. The van der Waals surface area contributed by atoms with E-state index in [0.717, 1.165) is 12.8 Å². The van der Waals surface area contributed by atoms with E-state index in [-0.39, 0.29) is 17.2 Å². The number of thioether (sulfide) groups is 1. The van der Waals surface area contributed by atoms with Gasteiger partial charge in [-0.25, -0.2) is 4.79 Å². The average Bonchev–Trinajstić information content (AvgIpc) is 2.82. The molecule has 1 heterocycles. The third-order valence-corrected chi connectivity index (χ3v) is 6.20. The first-order chi connectivity index (χ1) is 9.76. The maximum atomic E-state index is 13.0. The van der Waals surface area contributed by atoms with Gasteiger partial charge in [0.15, 0.2) is 0 Å². The van der Waals surface area contributed by atoms with Gasteiger partial charge in [-0.15, -0.1) is 11.8 Å². The van der Waals surface area contributed by atoms with Crippen molar-refractivity contribution in [1.82, 2.24) is 4.90 Å². The number of rotatable bonds is 3. The van der Waals surface area contributed by atoms with Gasteiger partial charge >= 0.3 is 5.97 Å². The molecule has 5 nitrogen and oxygen atoms in total. The number of nitrogens with two attached hydrogens (primary N) is 1. The SMILES string of the molecule is CC1CCCC(N)(C(=O)N2C(C(=O)O)CSC2C(C)C)C1. The van der Waals surface area contributed by atoms with Crippen LogP contribution in [-0.4, -0.2) is 44.6 Å². The highest BCUT2D eigenvalue weighted by Gasteiger charge is 2.49. The summed E-state index contributed by atoms with van der Waals surface area (Å²) in [7, 11) is 0. The lowest BCUT2D eigenvalue weighted by Crippen LogP contribution is -2.61. The summed E-state index contributed by atoms with van der Waals surface area (Å²) in [5.74, 6) is 0.00323. The summed E-state index contributed by atoms with van der Waals surface area (Å²) in [5, 5.41) is 9.33. The zero-order chi connectivity index (χ0) is 15.8. The van der Waals surface area contributed by atoms with Crippen LogP contribution < -0.4 is 5.73 Å². The van der Waals surface area contributed by atoms with Crippen LogP contribution in [0.2, 0.25) is 0 Å². The first-order valence-electron chi connectivity index (χ1n) is 7.72. The maximum Gasteiger partial charge on any atom is 0.327 e. The Kier molecular flexibility index (Phi) is 4.88. The second-order valence-corrected chi connectivity index (χ2v) is 8.04. The molecule has 0 aromatic heterocycles. The molecule has 1 aliphatic carbocycles. The van der Waals surface area contributed by atoms with E-state index < -0.39 is 17.6 Å². The highest BCUT2D eigenvalue weighted by atomic mass is 32.2. The predicted octanol–water partition coefficient (Wildman–Crippen LogP) is 1.90. The molecule has 0 spiro atoms. The third-order valence-electron chi connectivity index (χ3n) is 4.58. The number of carboxylic acid groups (broad SMARTS) is 1. The first-order valence-corrected chi connectivity index (χ1v) is 8.77. The molecule has 4 unspecified atom stereocenters. The Morgan fingerprint density at radius 1 is 1.43 bits per heavy atom. The van der Waals surface area contributed by atoms with Gasteiger partial charge in [0.2, 0.25) is 5.91 Å². The summed E-state index contributed by atoms with van der Waals surface area (Å²) in [4.78, 5) is 26.1. The zero-order valence-electron chi connectivity index (χ0n) is 13.0. The predicted molar refractivity (Wildman–Crippen MR) is 83.9 cm³/mol. The van der Waals surface area contributed by atoms with E-state index in [2.05, 4.69) is 6.92 Å². The smallest absolute Gasteiger partial charge is 0.327 e. The molecule has 1 saturated heterocycles. The van der Waals surface area contributed by atoms with Crippen molar-refractivity contribution in [3.8, 4) is 0 Å². The van der Waals surface area contributed by atoms with Crippen molar-refractivity contribution in [2.45, 2.75) is 63.4 Å². The quantitative estimate of drug-likeness (QED) is 0.831. The van der Waals surface area contributed by atoms with Gasteiger partial charge in [0.1, 0.15) is 6.04 Å². The van der Waals surface area contributed by atoms with Gasteiger partial charge in [-0.1, -0.05) is 33.6 Å². The van der Waals surface area contributed by atoms with Gasteiger partial charge in [0, 0.05) is 5.75 Å². The van der Waals surface area contributed by atoms with Crippen LogP contribution in [0.1, 0.15) is 46.5 Å². The lowest BCUT2D eigenvalue weighted by atomic mass is 9.76. The van der Waals surface area contributed by atoms with Crippen molar-refractivity contribution in [3.05, 3.63) is 0 Å². The van der Waals surface area contributed by atoms with E-state index in [9.17, 15) is 14.7 Å². The number of nitrogens with zero attached hydrogens (tertiary/aromatic N) is 1. The summed E-state index contributed by atoms with van der Waals surface area (Å²) in [6.45, 7) is 6.16. The zero-order valence-corrected chi connectivity index (χ0v) is 13.9. The number of aliphatic carboxylic acids is 1. The molecule has 2 fully saturated rings. The molecule has 0 bridgehead atoms. The highest BCUT2D eigenvalue weighted by molar-refractivity contribution is 8.00. The van der Waals surface area contributed by atoms with Gasteiger partial charge in [0.05, 0.1) is 10.9 Å². The van der Waals surface area contributed by atoms with E-state index in [1.807, 2.05) is 13.8 Å². The van der Waals surface area contributed by atoms with Gasteiger partial charge in [0.25, 0.3) is 0 Å². The summed E-state index contributed by atoms with van der Waals surface area (Å²) >= 11 is 1.56. The fourth-order valence-electron chi connectivity index (χ4n) is 3.53. The van der Waals surface area contributed by atoms with Crippen molar-refractivity contribution in [3.63, 3.8) is 0 Å². The topological polar surface area (TPSA) is 83.6 Å². The van der Waals surface area contributed by atoms with Crippen LogP contribution in [0.5, 0.6) is 0 Å². The highest BCUT2D eigenvalue weighted by Crippen LogP contribution is 2.39. The number of amides is 1. The van der Waals surface area contributed by atoms with Crippen molar-refractivity contribution < 1.29 is 14.7 Å². The van der Waals surface area contributed by atoms with E-state index in [0.29, 0.717) is 24.5 Å². The molecule has 120 valence electrons. The molecule has 0 radical (unpaired) electrons. The fraction of sp³-hybridized carbons (Fsp3) is 0.867. The van der Waals surface area contributed by atoms with E-state index in [1.165, 1.54) is 0 Å². The van der Waals surface area contributed by atoms with Crippen LogP contribution >= 0.6 is 11.8 Å². The van der Waals surface area contributed by atoms with Gasteiger partial charge in [-0.2, -0.15) is 0 Å². The minimum Gasteiger partial charge on any atom is -0.480 e. The number of carbonyl (C=O) groups excluding carboxylic acids is 1. The van der Waals surface area contributed by atoms with E-state index >= 15 is 0 Å². The Balaban J connectivity index is 2.26. The van der Waals surface area contributed by atoms with E-state index in [1.54, 1.807) is 16.7 Å². The molecule has 2 aliphatic rings. The summed E-state index contributed by atoms with van der Waals surface area (Å²) in [5.41, 5.74) is 5.52. The molecule has 6 heteroatoms. The Hall–Kier alpha value is -0.750. The molecule has 1 aliphatic heterocycles. The molecule has 1 saturated carbocycles. The van der Waals surface area contributed by atoms with Crippen LogP contribution in [0.3, 0.4) is 0 Å². The van der Waals surface area contributed by atoms with Crippen LogP contribution in [0.4, 0.5) is 0 Å². The molecular formula is C15H26N2O3S. The Bertz CT molecular complexity index is 429. The van der Waals surface area contributed by atoms with E-state index in [4.69, 9.17) is 5.73 Å². The first kappa shape index (κ1) is 16.6. The van der Waals surface area contributed by atoms with Gasteiger partial charge in [-0.3, -0.25) is 4.79 Å². The normalized spacial score (nSPS) is 37.0. The average molecular weight is 314 g/mol. The van der Waals surface area contributed by atoms with Crippen LogP contribution in [0.25, 0.3) is 0 Å². The molecule has 0 aromatic carbocycles. The Morgan fingerprint density at radius 3 is 2.62 bits per heavy atom. The Labute approximate surface area is 130 Å². The number of carboxylic acids is 1. The fourth-order valence-corrected chi connectivity index (χ4v) is 5.00. The lowest BCUT2D eigenvalue weighted by Gasteiger charge is -2.41. The summed E-state index contributed by atoms with van der Waals surface area (Å²) < 4.78 is 0. The molecule has 3 N–H and O–H groups in total.